The minimum atomic E-state index is -0.348. The van der Waals surface area contributed by atoms with Crippen LogP contribution in [0.4, 0.5) is 0 Å². The number of aliphatic hydroxyl groups excluding tert-OH is 1. The summed E-state index contributed by atoms with van der Waals surface area (Å²) in [6.45, 7) is 11.0. The maximum absolute atomic E-state index is 9.37. The van der Waals surface area contributed by atoms with Gasteiger partial charge in [0.15, 0.2) is 0 Å². The summed E-state index contributed by atoms with van der Waals surface area (Å²) in [5, 5.41) is 9.37. The smallest absolute Gasteiger partial charge is 0.0695 e. The minimum Gasteiger partial charge on any atom is -0.389 e. The van der Waals surface area contributed by atoms with E-state index in [4.69, 9.17) is 0 Å². The first-order valence-corrected chi connectivity index (χ1v) is 6.44. The third-order valence-electron chi connectivity index (χ3n) is 3.56. The molecule has 0 fully saturated rings. The molecule has 0 amide bonds. The topological polar surface area (TPSA) is 20.2 Å². The van der Waals surface area contributed by atoms with Crippen LogP contribution in [0.3, 0.4) is 0 Å². The molecule has 0 saturated heterocycles. The summed E-state index contributed by atoms with van der Waals surface area (Å²) < 4.78 is 0. The van der Waals surface area contributed by atoms with Gasteiger partial charge >= 0.3 is 0 Å². The van der Waals surface area contributed by atoms with Gasteiger partial charge in [0.05, 0.1) is 6.10 Å². The molecule has 0 heterocycles. The van der Waals surface area contributed by atoms with E-state index in [-0.39, 0.29) is 11.5 Å². The predicted octanol–water partition coefficient (Wildman–Crippen LogP) is 4.09. The summed E-state index contributed by atoms with van der Waals surface area (Å²) in [5.41, 5.74) is 3.30. The van der Waals surface area contributed by atoms with Gasteiger partial charge in [-0.3, -0.25) is 0 Å². The van der Waals surface area contributed by atoms with Crippen LogP contribution >= 0.6 is 0 Å². The number of aliphatic hydroxyl groups is 1. The molecular formula is C15H26O. The molecule has 92 valence electrons. The third-order valence-corrected chi connectivity index (χ3v) is 3.56. The van der Waals surface area contributed by atoms with Crippen LogP contribution in [0, 0.1) is 11.3 Å². The van der Waals surface area contributed by atoms with Crippen molar-refractivity contribution in [3.63, 3.8) is 0 Å². The van der Waals surface area contributed by atoms with Gasteiger partial charge in [0.2, 0.25) is 0 Å². The number of hydrogen-bond acceptors (Lipinski definition) is 1. The summed E-state index contributed by atoms with van der Waals surface area (Å²) >= 11 is 0. The predicted molar refractivity (Wildman–Crippen MR) is 70.3 cm³/mol. The second-order valence-corrected chi connectivity index (χ2v) is 5.93. The lowest BCUT2D eigenvalue weighted by molar-refractivity contribution is 0.243. The van der Waals surface area contributed by atoms with Crippen LogP contribution in [0.1, 0.15) is 53.9 Å². The van der Waals surface area contributed by atoms with Gasteiger partial charge in [0.1, 0.15) is 0 Å². The first kappa shape index (κ1) is 13.5. The Morgan fingerprint density at radius 2 is 1.88 bits per heavy atom. The summed E-state index contributed by atoms with van der Waals surface area (Å²) in [4.78, 5) is 0. The molecule has 1 N–H and O–H groups in total. The van der Waals surface area contributed by atoms with Gasteiger partial charge in [-0.25, -0.2) is 0 Å². The molecule has 0 aromatic rings. The molecule has 1 aliphatic carbocycles. The van der Waals surface area contributed by atoms with Crippen LogP contribution < -0.4 is 0 Å². The molecule has 0 bridgehead atoms. The van der Waals surface area contributed by atoms with Crippen molar-refractivity contribution >= 4 is 0 Å². The van der Waals surface area contributed by atoms with Gasteiger partial charge in [-0.15, -0.1) is 0 Å². The molecular weight excluding hydrogens is 196 g/mol. The molecule has 0 aliphatic heterocycles. The fourth-order valence-electron chi connectivity index (χ4n) is 2.59. The quantitative estimate of drug-likeness (QED) is 0.762. The lowest BCUT2D eigenvalue weighted by atomic mass is 9.70. The summed E-state index contributed by atoms with van der Waals surface area (Å²) in [5.74, 6) is 0.619. The van der Waals surface area contributed by atoms with Crippen molar-refractivity contribution in [2.45, 2.75) is 60.0 Å². The Hall–Kier alpha value is -0.560. The highest BCUT2D eigenvalue weighted by Crippen LogP contribution is 2.43. The Balaban J connectivity index is 3.09. The van der Waals surface area contributed by atoms with Gasteiger partial charge in [-0.1, -0.05) is 45.4 Å². The maximum atomic E-state index is 9.37. The van der Waals surface area contributed by atoms with E-state index >= 15 is 0 Å². The van der Waals surface area contributed by atoms with Gasteiger partial charge in [0.25, 0.3) is 0 Å². The van der Waals surface area contributed by atoms with Crippen molar-refractivity contribution < 1.29 is 5.11 Å². The SMILES string of the molecule is CC(O)/C=C/C1=C(C(C)C)CCCC1(C)C. The average Bonchev–Trinajstić information content (AvgIpc) is 2.13. The Morgan fingerprint density at radius 1 is 1.25 bits per heavy atom. The zero-order chi connectivity index (χ0) is 12.3. The molecule has 0 radical (unpaired) electrons. The molecule has 1 atom stereocenters. The van der Waals surface area contributed by atoms with Crippen LogP contribution in [0.15, 0.2) is 23.3 Å². The summed E-state index contributed by atoms with van der Waals surface area (Å²) in [6, 6.07) is 0. The Labute approximate surface area is 100 Å². The maximum Gasteiger partial charge on any atom is 0.0695 e. The van der Waals surface area contributed by atoms with Crippen LogP contribution in [0.2, 0.25) is 0 Å². The van der Waals surface area contributed by atoms with Gasteiger partial charge < -0.3 is 5.11 Å². The van der Waals surface area contributed by atoms with Crippen molar-refractivity contribution in [3.8, 4) is 0 Å². The van der Waals surface area contributed by atoms with Crippen molar-refractivity contribution in [2.75, 3.05) is 0 Å². The van der Waals surface area contributed by atoms with E-state index < -0.39 is 0 Å². The largest absolute Gasteiger partial charge is 0.389 e. The van der Waals surface area contributed by atoms with Crippen molar-refractivity contribution in [1.82, 2.24) is 0 Å². The van der Waals surface area contributed by atoms with E-state index in [2.05, 4.69) is 33.8 Å². The Morgan fingerprint density at radius 3 is 2.38 bits per heavy atom. The highest BCUT2D eigenvalue weighted by molar-refractivity contribution is 5.34. The van der Waals surface area contributed by atoms with E-state index in [0.717, 1.165) is 0 Å². The van der Waals surface area contributed by atoms with E-state index in [1.165, 1.54) is 24.8 Å². The van der Waals surface area contributed by atoms with Crippen molar-refractivity contribution in [1.29, 1.82) is 0 Å². The molecule has 1 unspecified atom stereocenters. The average molecular weight is 222 g/mol. The summed E-state index contributed by atoms with van der Waals surface area (Å²) in [7, 11) is 0. The minimum absolute atomic E-state index is 0.267. The van der Waals surface area contributed by atoms with Gasteiger partial charge in [-0.2, -0.15) is 0 Å². The monoisotopic (exact) mass is 222 g/mol. The van der Waals surface area contributed by atoms with Crippen LogP contribution in [0.5, 0.6) is 0 Å². The van der Waals surface area contributed by atoms with Gasteiger partial charge in [0, 0.05) is 0 Å². The third kappa shape index (κ3) is 3.21. The lowest BCUT2D eigenvalue weighted by Gasteiger charge is -2.35. The van der Waals surface area contributed by atoms with Crippen LogP contribution in [-0.4, -0.2) is 11.2 Å². The zero-order valence-corrected chi connectivity index (χ0v) is 11.4. The zero-order valence-electron chi connectivity index (χ0n) is 11.4. The van der Waals surface area contributed by atoms with E-state index in [0.29, 0.717) is 5.92 Å². The van der Waals surface area contributed by atoms with Crippen LogP contribution in [-0.2, 0) is 0 Å². The molecule has 1 aliphatic rings. The fourth-order valence-corrected chi connectivity index (χ4v) is 2.59. The molecule has 16 heavy (non-hydrogen) atoms. The normalized spacial score (nSPS) is 23.2. The second kappa shape index (κ2) is 5.18. The van der Waals surface area contributed by atoms with E-state index in [1.807, 2.05) is 13.0 Å². The van der Waals surface area contributed by atoms with E-state index in [1.54, 1.807) is 5.57 Å². The Bertz CT molecular complexity index is 293. The molecule has 0 spiro atoms. The van der Waals surface area contributed by atoms with Crippen molar-refractivity contribution in [2.24, 2.45) is 11.3 Å². The molecule has 0 aromatic heterocycles. The van der Waals surface area contributed by atoms with Crippen LogP contribution in [0.25, 0.3) is 0 Å². The first-order chi connectivity index (χ1) is 7.34. The van der Waals surface area contributed by atoms with Gasteiger partial charge in [-0.05, 0) is 43.1 Å². The number of rotatable bonds is 3. The van der Waals surface area contributed by atoms with Crippen molar-refractivity contribution in [3.05, 3.63) is 23.3 Å². The second-order valence-electron chi connectivity index (χ2n) is 5.93. The molecule has 0 aromatic carbocycles. The first-order valence-electron chi connectivity index (χ1n) is 6.44. The van der Waals surface area contributed by atoms with E-state index in [9.17, 15) is 5.11 Å². The Kier molecular flexibility index (Phi) is 4.37. The number of hydrogen-bond donors (Lipinski definition) is 1. The summed E-state index contributed by atoms with van der Waals surface area (Å²) in [6.07, 6.45) is 7.48. The number of allylic oxidation sites excluding steroid dienone is 3. The highest BCUT2D eigenvalue weighted by Gasteiger charge is 2.29. The highest BCUT2D eigenvalue weighted by atomic mass is 16.3. The fraction of sp³-hybridized carbons (Fsp3) is 0.733. The lowest BCUT2D eigenvalue weighted by Crippen LogP contribution is -2.22. The molecule has 1 heteroatoms. The molecule has 1 nitrogen and oxygen atoms in total. The standard InChI is InChI=1S/C15H26O/c1-11(2)13-7-6-10-15(4,5)14(13)9-8-12(3)16/h8-9,11-12,16H,6-7,10H2,1-5H3/b9-8+. The molecule has 1 rings (SSSR count). The molecule has 0 saturated carbocycles.